The van der Waals surface area contributed by atoms with Gasteiger partial charge in [0.25, 0.3) is 0 Å². The van der Waals surface area contributed by atoms with E-state index in [1.807, 2.05) is 42.9 Å². The Bertz CT molecular complexity index is 807. The number of aromatic nitrogens is 3. The number of nitrogens with zero attached hydrogens (tertiary/aromatic N) is 4. The molecule has 118 valence electrons. The van der Waals surface area contributed by atoms with Gasteiger partial charge in [0, 0.05) is 31.0 Å². The molecule has 6 heteroatoms. The lowest BCUT2D eigenvalue weighted by Gasteiger charge is -2.27. The van der Waals surface area contributed by atoms with Crippen LogP contribution in [-0.4, -0.2) is 47.8 Å². The van der Waals surface area contributed by atoms with Crippen LogP contribution in [0.5, 0.6) is 5.75 Å². The Morgan fingerprint density at radius 1 is 1.09 bits per heavy atom. The van der Waals surface area contributed by atoms with Crippen molar-refractivity contribution in [1.29, 1.82) is 0 Å². The summed E-state index contributed by atoms with van der Waals surface area (Å²) in [6.07, 6.45) is 5.67. The maximum Gasteiger partial charge on any atom is 0.180 e. The average Bonchev–Trinajstić information content (AvgIpc) is 3.06. The Kier molecular flexibility index (Phi) is 3.59. The molecule has 0 aliphatic carbocycles. The quantitative estimate of drug-likeness (QED) is 0.742. The predicted molar refractivity (Wildman–Crippen MR) is 88.0 cm³/mol. The van der Waals surface area contributed by atoms with Crippen LogP contribution in [0.25, 0.3) is 16.9 Å². The summed E-state index contributed by atoms with van der Waals surface area (Å²) in [5.74, 6) is 1.76. The van der Waals surface area contributed by atoms with E-state index >= 15 is 0 Å². The van der Waals surface area contributed by atoms with E-state index in [4.69, 9.17) is 9.47 Å². The summed E-state index contributed by atoms with van der Waals surface area (Å²) in [5.41, 5.74) is 3.01. The first-order valence-electron chi connectivity index (χ1n) is 7.66. The molecule has 1 aliphatic heterocycles. The minimum absolute atomic E-state index is 0.731. The molecule has 0 unspecified atom stereocenters. The lowest BCUT2D eigenvalue weighted by Crippen LogP contribution is -2.37. The molecular formula is C17H18N4O2. The third-order valence-electron chi connectivity index (χ3n) is 4.11. The van der Waals surface area contributed by atoms with Gasteiger partial charge in [0.05, 0.1) is 32.2 Å². The third kappa shape index (κ3) is 2.51. The molecule has 1 aliphatic rings. The van der Waals surface area contributed by atoms with Crippen LogP contribution in [-0.2, 0) is 4.74 Å². The van der Waals surface area contributed by atoms with Crippen molar-refractivity contribution in [2.45, 2.75) is 0 Å². The molecule has 4 rings (SSSR count). The maximum atomic E-state index is 5.42. The van der Waals surface area contributed by atoms with Gasteiger partial charge >= 0.3 is 0 Å². The highest BCUT2D eigenvalue weighted by atomic mass is 16.5. The first-order chi connectivity index (χ1) is 11.4. The number of morpholine rings is 1. The standard InChI is InChI=1S/C17H18N4O2/c1-22-14-4-2-13(3-5-14)15-12-19-17-16(18-6-7-21(15)17)20-8-10-23-11-9-20/h2-7,12H,8-11H2,1H3. The number of hydrogen-bond donors (Lipinski definition) is 0. The van der Waals surface area contributed by atoms with Gasteiger partial charge in [0.15, 0.2) is 11.5 Å². The van der Waals surface area contributed by atoms with Gasteiger partial charge in [0.1, 0.15) is 5.75 Å². The molecule has 23 heavy (non-hydrogen) atoms. The van der Waals surface area contributed by atoms with E-state index in [1.165, 1.54) is 0 Å². The molecule has 2 aromatic heterocycles. The van der Waals surface area contributed by atoms with Gasteiger partial charge in [0.2, 0.25) is 0 Å². The molecule has 3 aromatic rings. The topological polar surface area (TPSA) is 51.9 Å². The molecule has 1 fully saturated rings. The van der Waals surface area contributed by atoms with Gasteiger partial charge in [-0.2, -0.15) is 0 Å². The van der Waals surface area contributed by atoms with Crippen molar-refractivity contribution in [1.82, 2.24) is 14.4 Å². The second kappa shape index (κ2) is 5.89. The minimum Gasteiger partial charge on any atom is -0.497 e. The summed E-state index contributed by atoms with van der Waals surface area (Å²) >= 11 is 0. The summed E-state index contributed by atoms with van der Waals surface area (Å²) in [6.45, 7) is 3.15. The fourth-order valence-electron chi connectivity index (χ4n) is 2.88. The Labute approximate surface area is 134 Å². The molecule has 1 aromatic carbocycles. The number of ether oxygens (including phenoxy) is 2. The lowest BCUT2D eigenvalue weighted by atomic mass is 10.1. The Hall–Kier alpha value is -2.60. The van der Waals surface area contributed by atoms with Crippen LogP contribution in [0.2, 0.25) is 0 Å². The zero-order chi connectivity index (χ0) is 15.6. The van der Waals surface area contributed by atoms with Gasteiger partial charge in [-0.1, -0.05) is 0 Å². The van der Waals surface area contributed by atoms with Crippen LogP contribution in [0.15, 0.2) is 42.9 Å². The van der Waals surface area contributed by atoms with Gasteiger partial charge in [-0.15, -0.1) is 0 Å². The summed E-state index contributed by atoms with van der Waals surface area (Å²) in [6, 6.07) is 7.99. The predicted octanol–water partition coefficient (Wildman–Crippen LogP) is 2.24. The fourth-order valence-corrected chi connectivity index (χ4v) is 2.88. The molecule has 0 amide bonds. The average molecular weight is 310 g/mol. The van der Waals surface area contributed by atoms with Crippen molar-refractivity contribution in [3.05, 3.63) is 42.9 Å². The Morgan fingerprint density at radius 3 is 2.61 bits per heavy atom. The van der Waals surface area contributed by atoms with E-state index in [9.17, 15) is 0 Å². The second-order valence-electron chi connectivity index (χ2n) is 5.42. The molecule has 0 N–H and O–H groups in total. The van der Waals surface area contributed by atoms with E-state index < -0.39 is 0 Å². The number of methoxy groups -OCH3 is 1. The van der Waals surface area contributed by atoms with E-state index in [0.717, 1.165) is 54.8 Å². The number of imidazole rings is 1. The first kappa shape index (κ1) is 14.0. The summed E-state index contributed by atoms with van der Waals surface area (Å²) in [5, 5.41) is 0. The first-order valence-corrected chi connectivity index (χ1v) is 7.66. The number of anilines is 1. The van der Waals surface area contributed by atoms with Gasteiger partial charge in [-0.05, 0) is 24.3 Å². The smallest absolute Gasteiger partial charge is 0.180 e. The Balaban J connectivity index is 1.77. The van der Waals surface area contributed by atoms with E-state index in [0.29, 0.717) is 0 Å². The van der Waals surface area contributed by atoms with Gasteiger partial charge in [-0.25, -0.2) is 9.97 Å². The molecule has 3 heterocycles. The molecule has 1 saturated heterocycles. The monoisotopic (exact) mass is 310 g/mol. The molecule has 0 radical (unpaired) electrons. The van der Waals surface area contributed by atoms with Crippen molar-refractivity contribution in [2.24, 2.45) is 0 Å². The van der Waals surface area contributed by atoms with Crippen molar-refractivity contribution < 1.29 is 9.47 Å². The minimum atomic E-state index is 0.731. The van der Waals surface area contributed by atoms with Crippen LogP contribution in [0.4, 0.5) is 5.82 Å². The van der Waals surface area contributed by atoms with Crippen LogP contribution in [0.1, 0.15) is 0 Å². The molecule has 0 spiro atoms. The van der Waals surface area contributed by atoms with Crippen LogP contribution < -0.4 is 9.64 Å². The zero-order valence-electron chi connectivity index (χ0n) is 13.0. The summed E-state index contributed by atoms with van der Waals surface area (Å²) < 4.78 is 12.7. The molecule has 0 atom stereocenters. The number of benzene rings is 1. The largest absolute Gasteiger partial charge is 0.497 e. The molecular weight excluding hydrogens is 292 g/mol. The molecule has 6 nitrogen and oxygen atoms in total. The highest BCUT2D eigenvalue weighted by Crippen LogP contribution is 2.26. The van der Waals surface area contributed by atoms with E-state index in [2.05, 4.69) is 19.3 Å². The van der Waals surface area contributed by atoms with E-state index in [-0.39, 0.29) is 0 Å². The van der Waals surface area contributed by atoms with Crippen LogP contribution >= 0.6 is 0 Å². The highest BCUT2D eigenvalue weighted by Gasteiger charge is 2.18. The zero-order valence-corrected chi connectivity index (χ0v) is 13.0. The van der Waals surface area contributed by atoms with Gasteiger partial charge < -0.3 is 14.4 Å². The molecule has 0 bridgehead atoms. The van der Waals surface area contributed by atoms with E-state index in [1.54, 1.807) is 7.11 Å². The maximum absolute atomic E-state index is 5.42. The number of rotatable bonds is 3. The number of hydrogen-bond acceptors (Lipinski definition) is 5. The van der Waals surface area contributed by atoms with Crippen molar-refractivity contribution in [3.8, 4) is 17.0 Å². The number of fused-ring (bicyclic) bond motifs is 1. The van der Waals surface area contributed by atoms with Crippen molar-refractivity contribution in [2.75, 3.05) is 38.3 Å². The second-order valence-corrected chi connectivity index (χ2v) is 5.42. The van der Waals surface area contributed by atoms with Gasteiger partial charge in [-0.3, -0.25) is 4.40 Å². The fraction of sp³-hybridized carbons (Fsp3) is 0.294. The van der Waals surface area contributed by atoms with Crippen molar-refractivity contribution in [3.63, 3.8) is 0 Å². The van der Waals surface area contributed by atoms with Crippen molar-refractivity contribution >= 4 is 11.5 Å². The summed E-state index contributed by atoms with van der Waals surface area (Å²) in [7, 11) is 1.67. The highest BCUT2D eigenvalue weighted by molar-refractivity contribution is 5.71. The lowest BCUT2D eigenvalue weighted by molar-refractivity contribution is 0.122. The Morgan fingerprint density at radius 2 is 1.87 bits per heavy atom. The SMILES string of the molecule is COc1ccc(-c2cnc3c(N4CCOCC4)nccn23)cc1. The van der Waals surface area contributed by atoms with Crippen LogP contribution in [0, 0.1) is 0 Å². The third-order valence-corrected chi connectivity index (χ3v) is 4.11. The van der Waals surface area contributed by atoms with Crippen LogP contribution in [0.3, 0.4) is 0 Å². The molecule has 0 saturated carbocycles. The normalized spacial score (nSPS) is 15.1. The summed E-state index contributed by atoms with van der Waals surface area (Å²) in [4.78, 5) is 11.4.